The maximum atomic E-state index is 12.8. The van der Waals surface area contributed by atoms with Gasteiger partial charge in [0.1, 0.15) is 5.50 Å². The van der Waals surface area contributed by atoms with Gasteiger partial charge in [0, 0.05) is 31.2 Å². The number of nitrogens with zero attached hydrogens (tertiary/aromatic N) is 2. The van der Waals surface area contributed by atoms with E-state index in [2.05, 4.69) is 17.1 Å². The van der Waals surface area contributed by atoms with Crippen molar-refractivity contribution in [1.29, 1.82) is 0 Å². The van der Waals surface area contributed by atoms with Gasteiger partial charge in [-0.1, -0.05) is 43.5 Å². The zero-order chi connectivity index (χ0) is 17.2. The van der Waals surface area contributed by atoms with Crippen molar-refractivity contribution in [1.82, 2.24) is 9.29 Å². The molecule has 0 aliphatic carbocycles. The first-order valence-corrected chi connectivity index (χ1v) is 10.5. The minimum atomic E-state index is -3.36. The lowest BCUT2D eigenvalue weighted by Gasteiger charge is -2.34. The number of halogens is 1. The number of hydrogen-bond acceptors (Lipinski definition) is 4. The molecule has 0 radical (unpaired) electrons. The van der Waals surface area contributed by atoms with E-state index in [9.17, 15) is 8.42 Å². The normalized spacial score (nSPS) is 19.1. The molecule has 1 aromatic carbocycles. The van der Waals surface area contributed by atoms with Gasteiger partial charge in [-0.25, -0.2) is 12.4 Å². The molecule has 1 atom stereocenters. The van der Waals surface area contributed by atoms with Crippen LogP contribution in [-0.2, 0) is 10.0 Å². The molecule has 1 aliphatic rings. The quantitative estimate of drug-likeness (QED) is 0.483. The predicted octanol–water partition coefficient (Wildman–Crippen LogP) is 2.98. The lowest BCUT2D eigenvalue weighted by atomic mass is 10.2. The second kappa shape index (κ2) is 7.33. The zero-order valence-electron chi connectivity index (χ0n) is 13.9. The highest BCUT2D eigenvalue weighted by atomic mass is 35.5. The van der Waals surface area contributed by atoms with Crippen molar-refractivity contribution in [2.24, 2.45) is 0 Å². The van der Waals surface area contributed by atoms with Crippen LogP contribution < -0.4 is 10.2 Å². The molecule has 5 nitrogen and oxygen atoms in total. The van der Waals surface area contributed by atoms with E-state index in [4.69, 9.17) is 11.6 Å². The molecule has 7 heteroatoms. The van der Waals surface area contributed by atoms with Gasteiger partial charge in [0.15, 0.2) is 0 Å². The van der Waals surface area contributed by atoms with E-state index in [1.165, 1.54) is 3.97 Å². The van der Waals surface area contributed by atoms with Crippen LogP contribution in [0.3, 0.4) is 0 Å². The first-order valence-electron chi connectivity index (χ1n) is 8.49. The molecule has 3 rings (SSSR count). The van der Waals surface area contributed by atoms with Crippen LogP contribution >= 0.6 is 11.6 Å². The maximum Gasteiger partial charge on any atom is 0.239 e. The van der Waals surface area contributed by atoms with E-state index in [-0.39, 0.29) is 11.3 Å². The van der Waals surface area contributed by atoms with E-state index in [1.54, 1.807) is 6.20 Å². The predicted molar refractivity (Wildman–Crippen MR) is 101 cm³/mol. The minimum absolute atomic E-state index is 0.171. The Morgan fingerprint density at radius 3 is 2.88 bits per heavy atom. The number of aromatic nitrogens is 1. The average Bonchev–Trinajstić information content (AvgIpc) is 3.00. The van der Waals surface area contributed by atoms with Crippen LogP contribution in [0.4, 0.5) is 5.69 Å². The van der Waals surface area contributed by atoms with Gasteiger partial charge in [0.25, 0.3) is 0 Å². The first-order chi connectivity index (χ1) is 11.5. The van der Waals surface area contributed by atoms with Crippen LogP contribution in [0.15, 0.2) is 30.5 Å². The fourth-order valence-corrected chi connectivity index (χ4v) is 4.99. The number of rotatable bonds is 6. The summed E-state index contributed by atoms with van der Waals surface area (Å²) in [6.45, 7) is 4.35. The van der Waals surface area contributed by atoms with Crippen LogP contribution in [-0.4, -0.2) is 43.3 Å². The summed E-state index contributed by atoms with van der Waals surface area (Å²) in [6.07, 6.45) is 4.28. The zero-order valence-corrected chi connectivity index (χ0v) is 15.5. The fourth-order valence-electron chi connectivity index (χ4n) is 3.18. The summed E-state index contributed by atoms with van der Waals surface area (Å²) in [5.74, 6) is 0.171. The highest BCUT2D eigenvalue weighted by Crippen LogP contribution is 2.31. The Bertz CT molecular complexity index is 803. The van der Waals surface area contributed by atoms with Crippen LogP contribution in [0.25, 0.3) is 10.9 Å². The summed E-state index contributed by atoms with van der Waals surface area (Å²) < 4.78 is 27.0. The molecule has 1 fully saturated rings. The number of nitrogens with one attached hydrogen (secondary N) is 1. The molecule has 0 amide bonds. The molecule has 0 saturated carbocycles. The lowest BCUT2D eigenvalue weighted by molar-refractivity contribution is 0.559. The maximum absolute atomic E-state index is 12.8. The van der Waals surface area contributed by atoms with E-state index >= 15 is 0 Å². The van der Waals surface area contributed by atoms with Crippen molar-refractivity contribution in [2.75, 3.05) is 30.3 Å². The second-order valence-corrected chi connectivity index (χ2v) is 8.65. The third-order valence-corrected chi connectivity index (χ3v) is 6.55. The SMILES string of the molecule is CCCCCS(=O)(=O)n1ccc2cccc(N3CCNCC3Cl)c21. The van der Waals surface area contributed by atoms with Crippen LogP contribution in [0.1, 0.15) is 26.2 Å². The molecule has 1 aliphatic heterocycles. The summed E-state index contributed by atoms with van der Waals surface area (Å²) in [6, 6.07) is 7.72. The van der Waals surface area contributed by atoms with E-state index in [0.717, 1.165) is 42.5 Å². The summed E-state index contributed by atoms with van der Waals surface area (Å²) in [5.41, 5.74) is 1.44. The van der Waals surface area contributed by atoms with Gasteiger partial charge >= 0.3 is 0 Å². The highest BCUT2D eigenvalue weighted by Gasteiger charge is 2.25. The van der Waals surface area contributed by atoms with Crippen molar-refractivity contribution < 1.29 is 8.42 Å². The Hall–Kier alpha value is -1.24. The van der Waals surface area contributed by atoms with Crippen molar-refractivity contribution in [3.63, 3.8) is 0 Å². The molecule has 1 saturated heterocycles. The smallest absolute Gasteiger partial charge is 0.239 e. The molecular weight excluding hydrogens is 346 g/mol. The van der Waals surface area contributed by atoms with Crippen LogP contribution in [0, 0.1) is 0 Å². The number of hydrogen-bond donors (Lipinski definition) is 1. The largest absolute Gasteiger partial charge is 0.351 e. The summed E-state index contributed by atoms with van der Waals surface area (Å²) in [7, 11) is -3.36. The van der Waals surface area contributed by atoms with E-state index < -0.39 is 10.0 Å². The second-order valence-electron chi connectivity index (χ2n) is 6.18. The van der Waals surface area contributed by atoms with Gasteiger partial charge in [0.2, 0.25) is 10.0 Å². The molecule has 0 bridgehead atoms. The monoisotopic (exact) mass is 369 g/mol. The Kier molecular flexibility index (Phi) is 5.37. The van der Waals surface area contributed by atoms with E-state index in [1.807, 2.05) is 24.3 Å². The van der Waals surface area contributed by atoms with Crippen molar-refractivity contribution in [2.45, 2.75) is 31.7 Å². The van der Waals surface area contributed by atoms with Crippen LogP contribution in [0.5, 0.6) is 0 Å². The topological polar surface area (TPSA) is 54.3 Å². The highest BCUT2D eigenvalue weighted by molar-refractivity contribution is 7.90. The Morgan fingerprint density at radius 1 is 1.29 bits per heavy atom. The van der Waals surface area contributed by atoms with Gasteiger partial charge in [0.05, 0.1) is 17.0 Å². The number of benzene rings is 1. The average molecular weight is 370 g/mol. The Labute approximate surface area is 148 Å². The van der Waals surface area contributed by atoms with Crippen LogP contribution in [0.2, 0.25) is 0 Å². The first kappa shape index (κ1) is 17.6. The number of fused-ring (bicyclic) bond motifs is 1. The molecular formula is C17H24ClN3O2S. The van der Waals surface area contributed by atoms with Gasteiger partial charge in [-0.2, -0.15) is 0 Å². The molecule has 2 heterocycles. The van der Waals surface area contributed by atoms with Gasteiger partial charge in [-0.05, 0) is 18.6 Å². The van der Waals surface area contributed by atoms with Gasteiger partial charge in [-0.15, -0.1) is 0 Å². The number of anilines is 1. The molecule has 1 aromatic heterocycles. The summed E-state index contributed by atoms with van der Waals surface area (Å²) in [4.78, 5) is 2.08. The molecule has 24 heavy (non-hydrogen) atoms. The number of unbranched alkanes of at least 4 members (excludes halogenated alkanes) is 2. The number of piperazine rings is 1. The minimum Gasteiger partial charge on any atom is -0.351 e. The summed E-state index contributed by atoms with van der Waals surface area (Å²) in [5, 5.41) is 4.18. The summed E-state index contributed by atoms with van der Waals surface area (Å²) >= 11 is 6.46. The molecule has 132 valence electrons. The number of para-hydroxylation sites is 1. The standard InChI is InChI=1S/C17H24ClN3O2S/c1-2-3-4-12-24(22,23)21-10-8-14-6-5-7-15(17(14)21)20-11-9-19-13-16(20)18/h5-8,10,16,19H,2-4,9,11-13H2,1H3. The van der Waals surface area contributed by atoms with Crippen molar-refractivity contribution in [3.05, 3.63) is 30.5 Å². The lowest BCUT2D eigenvalue weighted by Crippen LogP contribution is -2.48. The third-order valence-electron chi connectivity index (χ3n) is 4.45. The van der Waals surface area contributed by atoms with Crippen molar-refractivity contribution >= 4 is 38.2 Å². The fraction of sp³-hybridized carbons (Fsp3) is 0.529. The molecule has 1 N–H and O–H groups in total. The van der Waals surface area contributed by atoms with Crippen molar-refractivity contribution in [3.8, 4) is 0 Å². The number of alkyl halides is 1. The van der Waals surface area contributed by atoms with Gasteiger partial charge < -0.3 is 10.2 Å². The third kappa shape index (κ3) is 3.41. The van der Waals surface area contributed by atoms with Gasteiger partial charge in [-0.3, -0.25) is 0 Å². The molecule has 1 unspecified atom stereocenters. The molecule has 2 aromatic rings. The molecule has 0 spiro atoms. The Balaban J connectivity index is 2.04. The van der Waals surface area contributed by atoms with E-state index in [0.29, 0.717) is 13.0 Å². The Morgan fingerprint density at radius 2 is 2.12 bits per heavy atom.